The molecule has 0 radical (unpaired) electrons. The van der Waals surface area contributed by atoms with Crippen molar-refractivity contribution in [2.75, 3.05) is 33.9 Å². The van der Waals surface area contributed by atoms with Crippen LogP contribution in [0.15, 0.2) is 18.2 Å². The van der Waals surface area contributed by atoms with Gasteiger partial charge in [-0.15, -0.1) is 0 Å². The van der Waals surface area contributed by atoms with Crippen LogP contribution in [0.3, 0.4) is 0 Å². The lowest BCUT2D eigenvalue weighted by Gasteiger charge is -2.31. The number of carbonyl (C=O) groups is 1. The van der Waals surface area contributed by atoms with E-state index in [1.807, 2.05) is 18.2 Å². The molecule has 1 aliphatic carbocycles. The molecular weight excluding hydrogens is 328 g/mol. The van der Waals surface area contributed by atoms with Gasteiger partial charge in [-0.05, 0) is 63.0 Å². The molecule has 2 aliphatic rings. The molecule has 1 aliphatic heterocycles. The van der Waals surface area contributed by atoms with Crippen molar-refractivity contribution in [3.05, 3.63) is 23.8 Å². The zero-order valence-electron chi connectivity index (χ0n) is 16.1. The predicted octanol–water partition coefficient (Wildman–Crippen LogP) is 3.02. The van der Waals surface area contributed by atoms with Crippen LogP contribution in [0, 0.1) is 5.92 Å². The molecule has 5 heteroatoms. The van der Waals surface area contributed by atoms with Crippen molar-refractivity contribution in [1.82, 2.24) is 10.2 Å². The summed E-state index contributed by atoms with van der Waals surface area (Å²) in [5.74, 6) is 1.65. The number of carbonyl (C=O) groups excluding carboxylic acids is 1. The number of benzene rings is 1. The van der Waals surface area contributed by atoms with Crippen LogP contribution < -0.4 is 14.8 Å². The quantitative estimate of drug-likeness (QED) is 0.760. The first-order valence-corrected chi connectivity index (χ1v) is 9.95. The summed E-state index contributed by atoms with van der Waals surface area (Å²) in [6, 6.07) is 6.51. The van der Waals surface area contributed by atoms with E-state index in [0.717, 1.165) is 42.6 Å². The number of rotatable bonds is 7. The van der Waals surface area contributed by atoms with E-state index in [9.17, 15) is 4.79 Å². The second kappa shape index (κ2) is 9.26. The minimum Gasteiger partial charge on any atom is -0.497 e. The molecule has 1 heterocycles. The first kappa shape index (κ1) is 19.0. The molecule has 26 heavy (non-hydrogen) atoms. The highest BCUT2D eigenvalue weighted by Crippen LogP contribution is 2.30. The number of ether oxygens (including phenoxy) is 2. The first-order valence-electron chi connectivity index (χ1n) is 9.95. The van der Waals surface area contributed by atoms with Gasteiger partial charge in [0.05, 0.1) is 13.0 Å². The number of fused-ring (bicyclic) bond motifs is 1. The number of nitrogens with one attached hydrogen (secondary N) is 1. The third kappa shape index (κ3) is 4.91. The molecule has 3 rings (SSSR count). The van der Waals surface area contributed by atoms with Gasteiger partial charge >= 0.3 is 0 Å². The van der Waals surface area contributed by atoms with Crippen LogP contribution in [-0.4, -0.2) is 50.7 Å². The molecule has 0 unspecified atom stereocenters. The zero-order chi connectivity index (χ0) is 18.4. The molecule has 1 saturated carbocycles. The lowest BCUT2D eigenvalue weighted by atomic mass is 9.94. The smallest absolute Gasteiger partial charge is 0.226 e. The normalized spacial score (nSPS) is 20.3. The van der Waals surface area contributed by atoms with Gasteiger partial charge < -0.3 is 19.7 Å². The van der Waals surface area contributed by atoms with Crippen molar-refractivity contribution in [1.29, 1.82) is 0 Å². The van der Waals surface area contributed by atoms with Crippen LogP contribution in [-0.2, 0) is 11.2 Å². The molecule has 144 valence electrons. The highest BCUT2D eigenvalue weighted by molar-refractivity contribution is 5.79. The van der Waals surface area contributed by atoms with E-state index in [4.69, 9.17) is 9.47 Å². The van der Waals surface area contributed by atoms with Gasteiger partial charge in [0.15, 0.2) is 0 Å². The molecule has 1 atom stereocenters. The van der Waals surface area contributed by atoms with Gasteiger partial charge in [0.2, 0.25) is 5.91 Å². The van der Waals surface area contributed by atoms with Crippen LogP contribution in [0.25, 0.3) is 0 Å². The average Bonchev–Trinajstić information content (AvgIpc) is 2.70. The fourth-order valence-corrected chi connectivity index (χ4v) is 4.06. The highest BCUT2D eigenvalue weighted by atomic mass is 16.5. The lowest BCUT2D eigenvalue weighted by molar-refractivity contribution is -0.126. The summed E-state index contributed by atoms with van der Waals surface area (Å²) < 4.78 is 11.0. The zero-order valence-corrected chi connectivity index (χ0v) is 16.1. The Morgan fingerprint density at radius 1 is 1.31 bits per heavy atom. The summed E-state index contributed by atoms with van der Waals surface area (Å²) in [7, 11) is 3.87. The molecule has 1 fully saturated rings. The molecule has 0 bridgehead atoms. The fourth-order valence-electron chi connectivity index (χ4n) is 4.06. The van der Waals surface area contributed by atoms with Crippen molar-refractivity contribution in [2.45, 2.75) is 51.0 Å². The minimum absolute atomic E-state index is 0.0961. The summed E-state index contributed by atoms with van der Waals surface area (Å²) in [5.41, 5.74) is 1.05. The maximum absolute atomic E-state index is 12.5. The van der Waals surface area contributed by atoms with Crippen LogP contribution in [0.1, 0.15) is 44.1 Å². The van der Waals surface area contributed by atoms with Gasteiger partial charge in [-0.3, -0.25) is 4.79 Å². The Labute approximate surface area is 157 Å². The minimum atomic E-state index is -0.120. The number of nitrogens with zero attached hydrogens (tertiary/aromatic N) is 1. The van der Waals surface area contributed by atoms with Gasteiger partial charge in [0.1, 0.15) is 18.1 Å². The SMILES string of the molecule is COc1ccc2c(c1)C[C@@H](C(=O)NCCCN(C)C1CCCCC1)CO2. The third-order valence-corrected chi connectivity index (χ3v) is 5.73. The van der Waals surface area contributed by atoms with Gasteiger partial charge in [-0.25, -0.2) is 0 Å². The Hall–Kier alpha value is -1.75. The standard InChI is InChI=1S/C21H32N2O3/c1-23(18-7-4-3-5-8-18)12-6-11-22-21(24)17-13-16-14-19(25-2)9-10-20(16)26-15-17/h9-10,14,17-18H,3-8,11-13,15H2,1-2H3,(H,22,24)/t17-/m1/s1. The number of methoxy groups -OCH3 is 1. The Balaban J connectivity index is 1.39. The molecule has 5 nitrogen and oxygen atoms in total. The van der Waals surface area contributed by atoms with Crippen molar-refractivity contribution in [3.8, 4) is 11.5 Å². The van der Waals surface area contributed by atoms with Gasteiger partial charge in [-0.1, -0.05) is 19.3 Å². The van der Waals surface area contributed by atoms with Crippen LogP contribution in [0.4, 0.5) is 0 Å². The molecule has 1 amide bonds. The van der Waals surface area contributed by atoms with Crippen molar-refractivity contribution < 1.29 is 14.3 Å². The van der Waals surface area contributed by atoms with E-state index < -0.39 is 0 Å². The summed E-state index contributed by atoms with van der Waals surface area (Å²) in [4.78, 5) is 14.9. The maximum atomic E-state index is 12.5. The van der Waals surface area contributed by atoms with Crippen LogP contribution in [0.2, 0.25) is 0 Å². The molecule has 0 saturated heterocycles. The summed E-state index contributed by atoms with van der Waals surface area (Å²) in [5, 5.41) is 3.09. The number of amides is 1. The van der Waals surface area contributed by atoms with E-state index in [1.165, 1.54) is 32.1 Å². The Morgan fingerprint density at radius 3 is 2.88 bits per heavy atom. The summed E-state index contributed by atoms with van der Waals surface area (Å²) in [6.07, 6.45) is 8.46. The largest absolute Gasteiger partial charge is 0.497 e. The van der Waals surface area contributed by atoms with Gasteiger partial charge in [0.25, 0.3) is 0 Å². The molecule has 1 N–H and O–H groups in total. The fraction of sp³-hybridized carbons (Fsp3) is 0.667. The first-order chi connectivity index (χ1) is 12.7. The van der Waals surface area contributed by atoms with Crippen LogP contribution in [0.5, 0.6) is 11.5 Å². The van der Waals surface area contributed by atoms with Gasteiger partial charge in [-0.2, -0.15) is 0 Å². The third-order valence-electron chi connectivity index (χ3n) is 5.73. The van der Waals surface area contributed by atoms with E-state index in [-0.39, 0.29) is 11.8 Å². The molecule has 1 aromatic carbocycles. The lowest BCUT2D eigenvalue weighted by Crippen LogP contribution is -2.39. The topological polar surface area (TPSA) is 50.8 Å². The molecule has 0 spiro atoms. The van der Waals surface area contributed by atoms with Crippen molar-refractivity contribution in [3.63, 3.8) is 0 Å². The van der Waals surface area contributed by atoms with Crippen molar-refractivity contribution >= 4 is 5.91 Å². The monoisotopic (exact) mass is 360 g/mol. The van der Waals surface area contributed by atoms with E-state index in [2.05, 4.69) is 17.3 Å². The Kier molecular flexibility index (Phi) is 6.78. The maximum Gasteiger partial charge on any atom is 0.226 e. The molecule has 0 aromatic heterocycles. The number of hydrogen-bond acceptors (Lipinski definition) is 4. The van der Waals surface area contributed by atoms with E-state index in [0.29, 0.717) is 13.0 Å². The van der Waals surface area contributed by atoms with Gasteiger partial charge in [0, 0.05) is 12.6 Å². The Morgan fingerprint density at radius 2 is 2.12 bits per heavy atom. The summed E-state index contributed by atoms with van der Waals surface area (Å²) in [6.45, 7) is 2.23. The second-order valence-corrected chi connectivity index (χ2v) is 7.60. The van der Waals surface area contributed by atoms with E-state index >= 15 is 0 Å². The van der Waals surface area contributed by atoms with E-state index in [1.54, 1.807) is 7.11 Å². The predicted molar refractivity (Wildman–Crippen MR) is 103 cm³/mol. The molecule has 1 aromatic rings. The molecular formula is C21H32N2O3. The highest BCUT2D eigenvalue weighted by Gasteiger charge is 2.26. The second-order valence-electron chi connectivity index (χ2n) is 7.60. The van der Waals surface area contributed by atoms with Crippen LogP contribution >= 0.6 is 0 Å². The average molecular weight is 360 g/mol. The van der Waals surface area contributed by atoms with Crippen molar-refractivity contribution in [2.24, 2.45) is 5.92 Å². The Bertz CT molecular complexity index is 599. The summed E-state index contributed by atoms with van der Waals surface area (Å²) >= 11 is 0. The number of hydrogen-bond donors (Lipinski definition) is 1.